The van der Waals surface area contributed by atoms with E-state index >= 15 is 0 Å². The van der Waals surface area contributed by atoms with Gasteiger partial charge in [-0.2, -0.15) is 0 Å². The van der Waals surface area contributed by atoms with E-state index in [0.717, 1.165) is 18.4 Å². The molecule has 21 heavy (non-hydrogen) atoms. The molecule has 1 fully saturated rings. The lowest BCUT2D eigenvalue weighted by Crippen LogP contribution is -2.62. The Bertz CT molecular complexity index is 480. The van der Waals surface area contributed by atoms with E-state index in [4.69, 9.17) is 5.73 Å². The molecule has 0 aliphatic carbocycles. The fourth-order valence-corrected chi connectivity index (χ4v) is 3.53. The molecule has 0 bridgehead atoms. The number of rotatable bonds is 3. The Morgan fingerprint density at radius 2 is 1.71 bits per heavy atom. The molecular weight excluding hydrogens is 262 g/mol. The van der Waals surface area contributed by atoms with Crippen molar-refractivity contribution in [1.29, 1.82) is 0 Å². The zero-order valence-corrected chi connectivity index (χ0v) is 13.4. The van der Waals surface area contributed by atoms with Gasteiger partial charge in [0.25, 0.3) is 0 Å². The fourth-order valence-electron chi connectivity index (χ4n) is 3.53. The molecular formula is C17H27N3O. The minimum absolute atomic E-state index is 0.0105. The molecule has 1 saturated heterocycles. The number of hydrogen-bond donors (Lipinski definition) is 3. The van der Waals surface area contributed by atoms with Crippen LogP contribution < -0.4 is 16.4 Å². The molecule has 1 aliphatic rings. The zero-order valence-electron chi connectivity index (χ0n) is 13.4. The first-order chi connectivity index (χ1) is 9.69. The van der Waals surface area contributed by atoms with Crippen LogP contribution in [-0.4, -0.2) is 23.0 Å². The van der Waals surface area contributed by atoms with Gasteiger partial charge in [-0.05, 0) is 46.1 Å². The fraction of sp³-hybridized carbons (Fsp3) is 0.588. The normalized spacial score (nSPS) is 22.5. The molecule has 1 unspecified atom stereocenters. The van der Waals surface area contributed by atoms with Crippen molar-refractivity contribution in [3.63, 3.8) is 0 Å². The first-order valence-corrected chi connectivity index (χ1v) is 7.59. The summed E-state index contributed by atoms with van der Waals surface area (Å²) >= 11 is 0. The molecule has 0 aromatic heterocycles. The second-order valence-electron chi connectivity index (χ2n) is 7.39. The second-order valence-corrected chi connectivity index (χ2v) is 7.39. The van der Waals surface area contributed by atoms with E-state index < -0.39 is 6.04 Å². The summed E-state index contributed by atoms with van der Waals surface area (Å²) in [5, 5.41) is 6.74. The van der Waals surface area contributed by atoms with Gasteiger partial charge in [0.2, 0.25) is 5.91 Å². The molecule has 0 spiro atoms. The Morgan fingerprint density at radius 3 is 2.24 bits per heavy atom. The maximum Gasteiger partial charge on any atom is 0.241 e. The molecule has 1 heterocycles. The summed E-state index contributed by atoms with van der Waals surface area (Å²) in [4.78, 5) is 12.4. The van der Waals surface area contributed by atoms with Crippen LogP contribution in [0.4, 0.5) is 0 Å². The number of nitrogens with two attached hydrogens (primary N) is 1. The minimum Gasteiger partial charge on any atom is -0.352 e. The van der Waals surface area contributed by atoms with Gasteiger partial charge in [-0.1, -0.05) is 30.3 Å². The third-order valence-corrected chi connectivity index (χ3v) is 3.98. The third-order valence-electron chi connectivity index (χ3n) is 3.98. The molecule has 4 heteroatoms. The summed E-state index contributed by atoms with van der Waals surface area (Å²) in [6.45, 7) is 8.68. The van der Waals surface area contributed by atoms with Gasteiger partial charge in [0.15, 0.2) is 0 Å². The lowest BCUT2D eigenvalue weighted by molar-refractivity contribution is -0.123. The Morgan fingerprint density at radius 1 is 1.19 bits per heavy atom. The van der Waals surface area contributed by atoms with Crippen molar-refractivity contribution < 1.29 is 4.79 Å². The van der Waals surface area contributed by atoms with Gasteiger partial charge in [-0.3, -0.25) is 4.79 Å². The van der Waals surface area contributed by atoms with Crippen molar-refractivity contribution in [2.24, 2.45) is 5.73 Å². The smallest absolute Gasteiger partial charge is 0.241 e. The van der Waals surface area contributed by atoms with E-state index in [1.165, 1.54) is 0 Å². The maximum absolute atomic E-state index is 12.4. The summed E-state index contributed by atoms with van der Waals surface area (Å²) < 4.78 is 0. The van der Waals surface area contributed by atoms with Crippen LogP contribution in [0.1, 0.15) is 52.1 Å². The summed E-state index contributed by atoms with van der Waals surface area (Å²) in [6.07, 6.45) is 1.81. The van der Waals surface area contributed by atoms with Crippen molar-refractivity contribution in [3.05, 3.63) is 35.9 Å². The predicted molar refractivity (Wildman–Crippen MR) is 85.8 cm³/mol. The van der Waals surface area contributed by atoms with Crippen LogP contribution >= 0.6 is 0 Å². The first kappa shape index (κ1) is 16.0. The molecule has 0 saturated carbocycles. The van der Waals surface area contributed by atoms with E-state index in [-0.39, 0.29) is 23.0 Å². The highest BCUT2D eigenvalue weighted by molar-refractivity contribution is 5.83. The minimum atomic E-state index is -0.604. The van der Waals surface area contributed by atoms with Gasteiger partial charge in [0.1, 0.15) is 6.04 Å². The monoisotopic (exact) mass is 289 g/mol. The highest BCUT2D eigenvalue weighted by Crippen LogP contribution is 2.28. The lowest BCUT2D eigenvalue weighted by Gasteiger charge is -2.46. The average Bonchev–Trinajstić information content (AvgIpc) is 2.35. The molecule has 1 aliphatic heterocycles. The Hall–Kier alpha value is -1.39. The van der Waals surface area contributed by atoms with E-state index in [2.05, 4.69) is 38.3 Å². The summed E-state index contributed by atoms with van der Waals surface area (Å²) in [7, 11) is 0. The molecule has 116 valence electrons. The number of piperidine rings is 1. The highest BCUT2D eigenvalue weighted by Gasteiger charge is 2.38. The van der Waals surface area contributed by atoms with Gasteiger partial charge in [-0.15, -0.1) is 0 Å². The van der Waals surface area contributed by atoms with Crippen LogP contribution in [0.5, 0.6) is 0 Å². The van der Waals surface area contributed by atoms with Gasteiger partial charge in [-0.25, -0.2) is 0 Å². The highest BCUT2D eigenvalue weighted by atomic mass is 16.2. The van der Waals surface area contributed by atoms with Crippen LogP contribution in [0.3, 0.4) is 0 Å². The van der Waals surface area contributed by atoms with Crippen LogP contribution in [0.2, 0.25) is 0 Å². The first-order valence-electron chi connectivity index (χ1n) is 7.59. The summed E-state index contributed by atoms with van der Waals surface area (Å²) in [6, 6.07) is 9.05. The van der Waals surface area contributed by atoms with E-state index in [1.807, 2.05) is 30.3 Å². The van der Waals surface area contributed by atoms with Gasteiger partial charge >= 0.3 is 0 Å². The molecule has 4 N–H and O–H groups in total. The quantitative estimate of drug-likeness (QED) is 0.798. The summed E-state index contributed by atoms with van der Waals surface area (Å²) in [5.41, 5.74) is 6.93. The average molecular weight is 289 g/mol. The van der Waals surface area contributed by atoms with Gasteiger partial charge < -0.3 is 16.4 Å². The number of amides is 1. The molecule has 4 nitrogen and oxygen atoms in total. The van der Waals surface area contributed by atoms with Gasteiger partial charge in [0, 0.05) is 17.1 Å². The number of carbonyl (C=O) groups is 1. The number of carbonyl (C=O) groups excluding carboxylic acids is 1. The number of nitrogens with one attached hydrogen (secondary N) is 2. The topological polar surface area (TPSA) is 67.2 Å². The van der Waals surface area contributed by atoms with Crippen LogP contribution in [0.15, 0.2) is 30.3 Å². The van der Waals surface area contributed by atoms with Crippen LogP contribution in [0.25, 0.3) is 0 Å². The Kier molecular flexibility index (Phi) is 4.40. The van der Waals surface area contributed by atoms with E-state index in [9.17, 15) is 4.79 Å². The zero-order chi connectivity index (χ0) is 15.7. The molecule has 1 amide bonds. The third kappa shape index (κ3) is 4.29. The number of hydrogen-bond acceptors (Lipinski definition) is 3. The van der Waals surface area contributed by atoms with E-state index in [0.29, 0.717) is 0 Å². The molecule has 2 rings (SSSR count). The van der Waals surface area contributed by atoms with Crippen molar-refractivity contribution >= 4 is 5.91 Å². The standard InChI is InChI=1S/C17H27N3O/c1-16(2)10-13(11-17(3,4)20-16)19-15(21)14(18)12-8-6-5-7-9-12/h5-9,13-14,20H,10-11,18H2,1-4H3,(H,19,21). The predicted octanol–water partition coefficient (Wildman–Crippen LogP) is 2.11. The van der Waals surface area contributed by atoms with Crippen molar-refractivity contribution in [2.45, 2.75) is 63.7 Å². The number of benzene rings is 1. The van der Waals surface area contributed by atoms with Gasteiger partial charge in [0.05, 0.1) is 0 Å². The Labute approximate surface area is 127 Å². The Balaban J connectivity index is 2.02. The molecule has 1 aromatic rings. The maximum atomic E-state index is 12.4. The second kappa shape index (κ2) is 5.78. The largest absolute Gasteiger partial charge is 0.352 e. The molecule has 0 radical (unpaired) electrons. The van der Waals surface area contributed by atoms with Crippen molar-refractivity contribution in [3.8, 4) is 0 Å². The van der Waals surface area contributed by atoms with Crippen LogP contribution in [0, 0.1) is 0 Å². The summed E-state index contributed by atoms with van der Waals surface area (Å²) in [5.74, 6) is -0.0975. The van der Waals surface area contributed by atoms with Crippen molar-refractivity contribution in [1.82, 2.24) is 10.6 Å². The SMILES string of the molecule is CC1(C)CC(NC(=O)C(N)c2ccccc2)CC(C)(C)N1. The molecule has 1 atom stereocenters. The van der Waals surface area contributed by atoms with Crippen molar-refractivity contribution in [2.75, 3.05) is 0 Å². The van der Waals surface area contributed by atoms with E-state index in [1.54, 1.807) is 0 Å². The molecule has 1 aromatic carbocycles. The lowest BCUT2D eigenvalue weighted by atomic mass is 9.79. The van der Waals surface area contributed by atoms with Crippen LogP contribution in [-0.2, 0) is 4.79 Å².